The summed E-state index contributed by atoms with van der Waals surface area (Å²) in [6, 6.07) is 12.6. The zero-order chi connectivity index (χ0) is 15.2. The maximum atomic E-state index is 5.98. The van der Waals surface area contributed by atoms with Gasteiger partial charge >= 0.3 is 0 Å². The molecule has 0 radical (unpaired) electrons. The van der Waals surface area contributed by atoms with Crippen LogP contribution in [0.15, 0.2) is 40.9 Å². The van der Waals surface area contributed by atoms with Crippen LogP contribution in [0.1, 0.15) is 29.2 Å². The summed E-state index contributed by atoms with van der Waals surface area (Å²) in [5, 5.41) is 3.32. The summed E-state index contributed by atoms with van der Waals surface area (Å²) in [4.78, 5) is 0. The summed E-state index contributed by atoms with van der Waals surface area (Å²) in [5.74, 6) is 0.887. The van der Waals surface area contributed by atoms with E-state index in [4.69, 9.17) is 4.74 Å². The van der Waals surface area contributed by atoms with Crippen molar-refractivity contribution in [3.8, 4) is 5.75 Å². The van der Waals surface area contributed by atoms with Crippen molar-refractivity contribution in [3.63, 3.8) is 0 Å². The van der Waals surface area contributed by atoms with Gasteiger partial charge in [-0.15, -0.1) is 0 Å². The second-order valence-electron chi connectivity index (χ2n) is 5.20. The Labute approximate surface area is 135 Å². The van der Waals surface area contributed by atoms with E-state index in [0.29, 0.717) is 6.61 Å². The van der Waals surface area contributed by atoms with Gasteiger partial charge in [0.05, 0.1) is 4.47 Å². The minimum atomic E-state index is 0.601. The molecule has 0 unspecified atom stereocenters. The fourth-order valence-corrected chi connectivity index (χ4v) is 2.81. The molecule has 0 saturated heterocycles. The second-order valence-corrected chi connectivity index (χ2v) is 6.06. The van der Waals surface area contributed by atoms with Crippen LogP contribution in [0.3, 0.4) is 0 Å². The Morgan fingerprint density at radius 2 is 1.81 bits per heavy atom. The molecule has 2 rings (SSSR count). The molecule has 0 saturated carbocycles. The number of benzene rings is 2. The summed E-state index contributed by atoms with van der Waals surface area (Å²) in [5.41, 5.74) is 5.06. The van der Waals surface area contributed by atoms with E-state index in [9.17, 15) is 0 Å². The van der Waals surface area contributed by atoms with Gasteiger partial charge in [0.25, 0.3) is 0 Å². The standard InChI is InChI=1S/C18H22BrNO/c1-4-20-11-15-8-9-18(17(19)10-15)21-12-16-13(2)6-5-7-14(16)3/h5-10,20H,4,11-12H2,1-3H3. The first-order valence-electron chi connectivity index (χ1n) is 7.29. The van der Waals surface area contributed by atoms with Gasteiger partial charge in [-0.25, -0.2) is 0 Å². The minimum absolute atomic E-state index is 0.601. The van der Waals surface area contributed by atoms with Gasteiger partial charge in [0.2, 0.25) is 0 Å². The summed E-state index contributed by atoms with van der Waals surface area (Å²) >= 11 is 3.60. The van der Waals surface area contributed by atoms with Crippen LogP contribution in [0, 0.1) is 13.8 Å². The van der Waals surface area contributed by atoms with Crippen molar-refractivity contribution in [2.75, 3.05) is 6.54 Å². The lowest BCUT2D eigenvalue weighted by Crippen LogP contribution is -2.11. The third-order valence-corrected chi connectivity index (χ3v) is 4.21. The SMILES string of the molecule is CCNCc1ccc(OCc2c(C)cccc2C)c(Br)c1. The first-order valence-corrected chi connectivity index (χ1v) is 8.08. The molecule has 0 bridgehead atoms. The number of hydrogen-bond acceptors (Lipinski definition) is 2. The van der Waals surface area contributed by atoms with E-state index in [1.807, 2.05) is 6.07 Å². The van der Waals surface area contributed by atoms with Gasteiger partial charge in [-0.3, -0.25) is 0 Å². The molecule has 0 heterocycles. The zero-order valence-electron chi connectivity index (χ0n) is 12.9. The molecule has 0 aliphatic rings. The third-order valence-electron chi connectivity index (χ3n) is 3.59. The summed E-state index contributed by atoms with van der Waals surface area (Å²) in [7, 11) is 0. The van der Waals surface area contributed by atoms with Crippen molar-refractivity contribution in [1.82, 2.24) is 5.32 Å². The Morgan fingerprint density at radius 1 is 1.10 bits per heavy atom. The quantitative estimate of drug-likeness (QED) is 0.813. The van der Waals surface area contributed by atoms with Crippen LogP contribution in [-0.4, -0.2) is 6.54 Å². The molecule has 0 amide bonds. The number of hydrogen-bond donors (Lipinski definition) is 1. The average molecular weight is 348 g/mol. The molecule has 0 aromatic heterocycles. The highest BCUT2D eigenvalue weighted by Crippen LogP contribution is 2.27. The van der Waals surface area contributed by atoms with E-state index in [-0.39, 0.29) is 0 Å². The Hall–Kier alpha value is -1.32. The van der Waals surface area contributed by atoms with E-state index in [0.717, 1.165) is 23.3 Å². The van der Waals surface area contributed by atoms with Crippen LogP contribution in [0.25, 0.3) is 0 Å². The van der Waals surface area contributed by atoms with Crippen molar-refractivity contribution < 1.29 is 4.74 Å². The van der Waals surface area contributed by atoms with Crippen molar-refractivity contribution in [2.24, 2.45) is 0 Å². The monoisotopic (exact) mass is 347 g/mol. The fourth-order valence-electron chi connectivity index (χ4n) is 2.27. The Kier molecular flexibility index (Phi) is 5.83. The second kappa shape index (κ2) is 7.62. The molecule has 2 aromatic rings. The van der Waals surface area contributed by atoms with Crippen LogP contribution >= 0.6 is 15.9 Å². The smallest absolute Gasteiger partial charge is 0.134 e. The molecule has 112 valence electrons. The maximum Gasteiger partial charge on any atom is 0.134 e. The van der Waals surface area contributed by atoms with Crippen LogP contribution < -0.4 is 10.1 Å². The van der Waals surface area contributed by atoms with Gasteiger partial charge in [0, 0.05) is 6.54 Å². The van der Waals surface area contributed by atoms with E-state index in [1.54, 1.807) is 0 Å². The topological polar surface area (TPSA) is 21.3 Å². The highest BCUT2D eigenvalue weighted by Gasteiger charge is 2.06. The summed E-state index contributed by atoms with van der Waals surface area (Å²) in [6.45, 7) is 8.82. The van der Waals surface area contributed by atoms with Crippen molar-refractivity contribution >= 4 is 15.9 Å². The van der Waals surface area contributed by atoms with Gasteiger partial charge in [-0.05, 0) is 70.7 Å². The van der Waals surface area contributed by atoms with Crippen LogP contribution in [0.2, 0.25) is 0 Å². The lowest BCUT2D eigenvalue weighted by atomic mass is 10.0. The van der Waals surface area contributed by atoms with Gasteiger partial charge in [0.1, 0.15) is 12.4 Å². The van der Waals surface area contributed by atoms with E-state index >= 15 is 0 Å². The number of aryl methyl sites for hydroxylation is 2. The highest BCUT2D eigenvalue weighted by atomic mass is 79.9. The number of nitrogens with one attached hydrogen (secondary N) is 1. The first-order chi connectivity index (χ1) is 10.1. The normalized spacial score (nSPS) is 10.7. The lowest BCUT2D eigenvalue weighted by Gasteiger charge is -2.13. The maximum absolute atomic E-state index is 5.98. The highest BCUT2D eigenvalue weighted by molar-refractivity contribution is 9.10. The van der Waals surface area contributed by atoms with Crippen molar-refractivity contribution in [2.45, 2.75) is 33.9 Å². The van der Waals surface area contributed by atoms with Crippen LogP contribution in [0.5, 0.6) is 5.75 Å². The Balaban J connectivity index is 2.06. The van der Waals surface area contributed by atoms with Gasteiger partial charge < -0.3 is 10.1 Å². The van der Waals surface area contributed by atoms with E-state index in [2.05, 4.69) is 72.3 Å². The molecule has 0 atom stereocenters. The predicted molar refractivity (Wildman–Crippen MR) is 91.8 cm³/mol. The molecule has 3 heteroatoms. The van der Waals surface area contributed by atoms with Gasteiger partial charge in [0.15, 0.2) is 0 Å². The number of halogens is 1. The van der Waals surface area contributed by atoms with E-state index in [1.165, 1.54) is 22.3 Å². The van der Waals surface area contributed by atoms with Gasteiger partial charge in [-0.1, -0.05) is 31.2 Å². The predicted octanol–water partition coefficient (Wildman–Crippen LogP) is 4.75. The largest absolute Gasteiger partial charge is 0.488 e. The van der Waals surface area contributed by atoms with E-state index < -0.39 is 0 Å². The molecular formula is C18H22BrNO. The number of rotatable bonds is 6. The van der Waals surface area contributed by atoms with Crippen molar-refractivity contribution in [3.05, 3.63) is 63.1 Å². The van der Waals surface area contributed by atoms with Crippen LogP contribution in [0.4, 0.5) is 0 Å². The molecule has 21 heavy (non-hydrogen) atoms. The first kappa shape index (κ1) is 16.1. The zero-order valence-corrected chi connectivity index (χ0v) is 14.5. The van der Waals surface area contributed by atoms with Crippen molar-refractivity contribution in [1.29, 1.82) is 0 Å². The summed E-state index contributed by atoms with van der Waals surface area (Å²) < 4.78 is 6.98. The molecular weight excluding hydrogens is 326 g/mol. The summed E-state index contributed by atoms with van der Waals surface area (Å²) in [6.07, 6.45) is 0. The molecule has 2 nitrogen and oxygen atoms in total. The molecule has 0 spiro atoms. The van der Waals surface area contributed by atoms with Gasteiger partial charge in [-0.2, -0.15) is 0 Å². The minimum Gasteiger partial charge on any atom is -0.488 e. The molecule has 1 N–H and O–H groups in total. The third kappa shape index (κ3) is 4.32. The fraction of sp³-hybridized carbons (Fsp3) is 0.333. The average Bonchev–Trinajstić information content (AvgIpc) is 2.46. The molecule has 0 aliphatic carbocycles. The number of ether oxygens (including phenoxy) is 1. The van der Waals surface area contributed by atoms with Crippen LogP contribution in [-0.2, 0) is 13.2 Å². The molecule has 0 fully saturated rings. The molecule has 2 aromatic carbocycles. The molecule has 0 aliphatic heterocycles. The lowest BCUT2D eigenvalue weighted by molar-refractivity contribution is 0.302. The Morgan fingerprint density at radius 3 is 2.43 bits per heavy atom. The Bertz CT molecular complexity index is 590.